The van der Waals surface area contributed by atoms with Crippen LogP contribution >= 0.6 is 22.6 Å². The molecule has 1 N–H and O–H groups in total. The average molecular weight is 384 g/mol. The summed E-state index contributed by atoms with van der Waals surface area (Å²) >= 11 is 2.17. The molecule has 0 atom stereocenters. The lowest BCUT2D eigenvalue weighted by atomic mass is 9.99. The Labute approximate surface area is 129 Å². The number of nitrogens with one attached hydrogen (secondary N) is 1. The zero-order chi connectivity index (χ0) is 14.1. The van der Waals surface area contributed by atoms with Crippen LogP contribution in [0.1, 0.15) is 11.1 Å². The highest BCUT2D eigenvalue weighted by Gasteiger charge is 2.21. The SMILES string of the molecule is Fc1cccc(F)c1C1=NCCNc2ccc(I)cc21. The van der Waals surface area contributed by atoms with E-state index in [0.29, 0.717) is 18.8 Å². The molecule has 1 aliphatic heterocycles. The second-order valence-electron chi connectivity index (χ2n) is 4.44. The summed E-state index contributed by atoms with van der Waals surface area (Å²) in [5, 5.41) is 3.23. The zero-order valence-corrected chi connectivity index (χ0v) is 12.6. The number of hydrogen-bond acceptors (Lipinski definition) is 2. The summed E-state index contributed by atoms with van der Waals surface area (Å²) in [6.45, 7) is 1.13. The van der Waals surface area contributed by atoms with Crippen LogP contribution in [0.2, 0.25) is 0 Å². The largest absolute Gasteiger partial charge is 0.383 e. The monoisotopic (exact) mass is 384 g/mol. The van der Waals surface area contributed by atoms with E-state index in [2.05, 4.69) is 32.9 Å². The van der Waals surface area contributed by atoms with Gasteiger partial charge in [0.25, 0.3) is 0 Å². The highest BCUT2D eigenvalue weighted by atomic mass is 127. The Hall–Kier alpha value is -1.50. The smallest absolute Gasteiger partial charge is 0.135 e. The maximum atomic E-state index is 14.0. The van der Waals surface area contributed by atoms with Crippen molar-refractivity contribution in [1.29, 1.82) is 0 Å². The van der Waals surface area contributed by atoms with Gasteiger partial charge in [-0.3, -0.25) is 4.99 Å². The van der Waals surface area contributed by atoms with Gasteiger partial charge in [0.2, 0.25) is 0 Å². The molecule has 0 saturated carbocycles. The van der Waals surface area contributed by atoms with Crippen LogP contribution in [0.3, 0.4) is 0 Å². The molecule has 0 bridgehead atoms. The Balaban J connectivity index is 2.24. The molecule has 0 amide bonds. The highest BCUT2D eigenvalue weighted by molar-refractivity contribution is 14.1. The summed E-state index contributed by atoms with van der Waals surface area (Å²) in [6, 6.07) is 9.63. The van der Waals surface area contributed by atoms with Gasteiger partial charge in [-0.25, -0.2) is 8.78 Å². The number of rotatable bonds is 1. The van der Waals surface area contributed by atoms with Crippen LogP contribution in [0.5, 0.6) is 0 Å². The fraction of sp³-hybridized carbons (Fsp3) is 0.133. The van der Waals surface area contributed by atoms with Crippen molar-refractivity contribution in [3.05, 3.63) is 62.7 Å². The van der Waals surface area contributed by atoms with E-state index < -0.39 is 11.6 Å². The molecule has 5 heteroatoms. The van der Waals surface area contributed by atoms with E-state index >= 15 is 0 Å². The summed E-state index contributed by atoms with van der Waals surface area (Å²) < 4.78 is 29.0. The van der Waals surface area contributed by atoms with Gasteiger partial charge in [0.05, 0.1) is 17.8 Å². The molecular formula is C15H11F2IN2. The van der Waals surface area contributed by atoms with Crippen LogP contribution in [0.25, 0.3) is 0 Å². The van der Waals surface area contributed by atoms with Crippen LogP contribution < -0.4 is 5.32 Å². The first kappa shape index (κ1) is 13.5. The number of halogens is 3. The Morgan fingerprint density at radius 1 is 1.10 bits per heavy atom. The van der Waals surface area contributed by atoms with Crippen LogP contribution in [0.4, 0.5) is 14.5 Å². The van der Waals surface area contributed by atoms with E-state index in [9.17, 15) is 8.78 Å². The fourth-order valence-electron chi connectivity index (χ4n) is 2.25. The van der Waals surface area contributed by atoms with Crippen molar-refractivity contribution in [2.45, 2.75) is 0 Å². The third kappa shape index (κ3) is 2.42. The molecule has 2 aromatic rings. The topological polar surface area (TPSA) is 24.4 Å². The molecule has 0 saturated heterocycles. The molecule has 2 aromatic carbocycles. The van der Waals surface area contributed by atoms with Gasteiger partial charge in [-0.15, -0.1) is 0 Å². The maximum Gasteiger partial charge on any atom is 0.135 e. The molecule has 0 radical (unpaired) electrons. The van der Waals surface area contributed by atoms with Crippen LogP contribution in [-0.4, -0.2) is 18.8 Å². The first-order valence-corrected chi connectivity index (χ1v) is 7.27. The van der Waals surface area contributed by atoms with Crippen molar-refractivity contribution < 1.29 is 8.78 Å². The molecule has 1 aliphatic rings. The third-order valence-electron chi connectivity index (χ3n) is 3.13. The lowest BCUT2D eigenvalue weighted by Crippen LogP contribution is -2.10. The van der Waals surface area contributed by atoms with Crippen molar-refractivity contribution in [3.8, 4) is 0 Å². The fourth-order valence-corrected chi connectivity index (χ4v) is 2.74. The third-order valence-corrected chi connectivity index (χ3v) is 3.80. The van der Waals surface area contributed by atoms with Gasteiger partial charge in [0, 0.05) is 21.4 Å². The Bertz CT molecular complexity index is 678. The van der Waals surface area contributed by atoms with Crippen LogP contribution in [0, 0.1) is 15.2 Å². The number of hydrogen-bond donors (Lipinski definition) is 1. The predicted molar refractivity (Wildman–Crippen MR) is 84.5 cm³/mol. The number of aliphatic imine (C=N–C) groups is 1. The minimum Gasteiger partial charge on any atom is -0.383 e. The highest BCUT2D eigenvalue weighted by Crippen LogP contribution is 2.26. The van der Waals surface area contributed by atoms with E-state index in [1.165, 1.54) is 18.2 Å². The van der Waals surface area contributed by atoms with Gasteiger partial charge in [0.15, 0.2) is 0 Å². The standard InChI is InChI=1S/C15H11F2IN2/c16-11-2-1-3-12(17)14(11)15-10-8-9(18)4-5-13(10)19-6-7-20-15/h1-5,8,19H,6-7H2. The summed E-state index contributed by atoms with van der Waals surface area (Å²) in [7, 11) is 0. The zero-order valence-electron chi connectivity index (χ0n) is 10.5. The number of fused-ring (bicyclic) bond motifs is 1. The average Bonchev–Trinajstić information content (AvgIpc) is 2.61. The van der Waals surface area contributed by atoms with Gasteiger partial charge in [0.1, 0.15) is 11.6 Å². The predicted octanol–water partition coefficient (Wildman–Crippen LogP) is 3.83. The van der Waals surface area contributed by atoms with Crippen molar-refractivity contribution in [2.24, 2.45) is 4.99 Å². The Kier molecular flexibility index (Phi) is 3.69. The van der Waals surface area contributed by atoms with E-state index in [1.54, 1.807) is 0 Å². The first-order chi connectivity index (χ1) is 9.66. The quantitative estimate of drug-likeness (QED) is 0.743. The summed E-state index contributed by atoms with van der Waals surface area (Å²) in [5.41, 5.74) is 1.90. The second-order valence-corrected chi connectivity index (χ2v) is 5.69. The summed E-state index contributed by atoms with van der Waals surface area (Å²) in [5.74, 6) is -1.18. The number of nitrogens with zero attached hydrogens (tertiary/aromatic N) is 1. The van der Waals surface area contributed by atoms with E-state index in [-0.39, 0.29) is 5.56 Å². The number of anilines is 1. The van der Waals surface area contributed by atoms with Crippen molar-refractivity contribution in [3.63, 3.8) is 0 Å². The van der Waals surface area contributed by atoms with Crippen LogP contribution in [-0.2, 0) is 0 Å². The van der Waals surface area contributed by atoms with Gasteiger partial charge in [-0.05, 0) is 52.9 Å². The summed E-state index contributed by atoms with van der Waals surface area (Å²) in [6.07, 6.45) is 0. The lowest BCUT2D eigenvalue weighted by molar-refractivity contribution is 0.579. The maximum absolute atomic E-state index is 14.0. The molecule has 0 spiro atoms. The van der Waals surface area contributed by atoms with Crippen molar-refractivity contribution in [1.82, 2.24) is 0 Å². The Morgan fingerprint density at radius 2 is 1.85 bits per heavy atom. The van der Waals surface area contributed by atoms with Crippen molar-refractivity contribution >= 4 is 34.0 Å². The minimum atomic E-state index is -0.588. The minimum absolute atomic E-state index is 0.0561. The normalized spacial score (nSPS) is 14.1. The van der Waals surface area contributed by atoms with Gasteiger partial charge in [-0.2, -0.15) is 0 Å². The number of benzodiazepines with no additional fused rings is 1. The summed E-state index contributed by atoms with van der Waals surface area (Å²) in [4.78, 5) is 4.37. The molecule has 0 unspecified atom stereocenters. The van der Waals surface area contributed by atoms with Gasteiger partial charge in [-0.1, -0.05) is 6.07 Å². The molecule has 0 fully saturated rings. The Morgan fingerprint density at radius 3 is 2.60 bits per heavy atom. The molecule has 20 heavy (non-hydrogen) atoms. The lowest BCUT2D eigenvalue weighted by Gasteiger charge is -2.12. The van der Waals surface area contributed by atoms with E-state index in [4.69, 9.17) is 0 Å². The molecule has 0 aromatic heterocycles. The molecule has 102 valence electrons. The molecule has 2 nitrogen and oxygen atoms in total. The second kappa shape index (κ2) is 5.47. The van der Waals surface area contributed by atoms with Gasteiger partial charge < -0.3 is 5.32 Å². The first-order valence-electron chi connectivity index (χ1n) is 6.19. The molecular weight excluding hydrogens is 373 g/mol. The molecule has 3 rings (SSSR count). The molecule has 0 aliphatic carbocycles. The van der Waals surface area contributed by atoms with Gasteiger partial charge >= 0.3 is 0 Å². The van der Waals surface area contributed by atoms with E-state index in [1.807, 2.05) is 18.2 Å². The van der Waals surface area contributed by atoms with E-state index in [0.717, 1.165) is 14.8 Å². The molecule has 1 heterocycles. The van der Waals surface area contributed by atoms with Crippen molar-refractivity contribution in [2.75, 3.05) is 18.4 Å². The number of benzene rings is 2. The van der Waals surface area contributed by atoms with Crippen LogP contribution in [0.15, 0.2) is 41.4 Å².